The van der Waals surface area contributed by atoms with E-state index in [9.17, 15) is 9.59 Å². The third kappa shape index (κ3) is 7.49. The highest BCUT2D eigenvalue weighted by Crippen LogP contribution is 2.61. The summed E-state index contributed by atoms with van der Waals surface area (Å²) in [5.74, 6) is 6.38. The number of ketones is 1. The molecule has 7 aliphatic rings. The quantitative estimate of drug-likeness (QED) is 0.150. The van der Waals surface area contributed by atoms with Gasteiger partial charge in [0.2, 0.25) is 0 Å². The molecule has 2 unspecified atom stereocenters. The molecule has 0 amide bonds. The lowest BCUT2D eigenvalue weighted by atomic mass is 9.49. The summed E-state index contributed by atoms with van der Waals surface area (Å²) in [6, 6.07) is 0.369. The maximum atomic E-state index is 12.2. The number of rotatable bonds is 15. The molecule has 6 fully saturated rings. The molecular formula is C38H61N3O2. The second kappa shape index (κ2) is 14.3. The van der Waals surface area contributed by atoms with Crippen LogP contribution in [0, 0.1) is 29.1 Å². The Hall–Kier alpha value is -1.52. The highest BCUT2D eigenvalue weighted by atomic mass is 16.1. The predicted octanol–water partition coefficient (Wildman–Crippen LogP) is 9.66. The number of fused-ring (bicyclic) bond motifs is 3. The van der Waals surface area contributed by atoms with Crippen LogP contribution in [0.25, 0.3) is 0 Å². The minimum absolute atomic E-state index is 0.151. The summed E-state index contributed by atoms with van der Waals surface area (Å²) in [5, 5.41) is 9.44. The first kappa shape index (κ1) is 31.5. The zero-order chi connectivity index (χ0) is 29.7. The number of aromatic nitrogens is 3. The Morgan fingerprint density at radius 1 is 0.767 bits per heavy atom. The number of carbonyl (C=O) groups excluding carboxylic acids is 2. The van der Waals surface area contributed by atoms with E-state index in [4.69, 9.17) is 5.10 Å². The Balaban J connectivity index is 0.000000159. The van der Waals surface area contributed by atoms with Crippen LogP contribution in [-0.4, -0.2) is 26.8 Å². The zero-order valence-electron chi connectivity index (χ0n) is 27.5. The van der Waals surface area contributed by atoms with Gasteiger partial charge in [0.1, 0.15) is 23.7 Å². The number of hydrogen-bond acceptors (Lipinski definition) is 4. The number of unbranched alkanes of at least 4 members (excludes halogenated alkanes) is 11. The normalized spacial score (nSPS) is 33.0. The summed E-state index contributed by atoms with van der Waals surface area (Å²) in [4.78, 5) is 23.0. The monoisotopic (exact) mass is 591 g/mol. The first-order chi connectivity index (χ1) is 21.0. The van der Waals surface area contributed by atoms with Gasteiger partial charge in [-0.2, -0.15) is 0 Å². The van der Waals surface area contributed by atoms with Crippen LogP contribution in [0.3, 0.4) is 0 Å². The number of carbonyl (C=O) groups is 2. The van der Waals surface area contributed by atoms with Crippen molar-refractivity contribution in [3.8, 4) is 0 Å². The maximum Gasteiger partial charge on any atom is 0.139 e. The lowest BCUT2D eigenvalue weighted by molar-refractivity contribution is -0.122. The molecule has 4 bridgehead atoms. The van der Waals surface area contributed by atoms with Gasteiger partial charge < -0.3 is 9.36 Å². The third-order valence-electron chi connectivity index (χ3n) is 12.8. The van der Waals surface area contributed by atoms with E-state index >= 15 is 0 Å². The van der Waals surface area contributed by atoms with Crippen LogP contribution in [0.2, 0.25) is 0 Å². The molecule has 0 saturated heterocycles. The summed E-state index contributed by atoms with van der Waals surface area (Å²) < 4.78 is 2.50. The largest absolute Gasteiger partial charge is 0.311 e. The van der Waals surface area contributed by atoms with Gasteiger partial charge in [0, 0.05) is 36.1 Å². The lowest BCUT2D eigenvalue weighted by Crippen LogP contribution is -2.50. The molecule has 0 N–H and O–H groups in total. The number of aryl methyl sites for hydroxylation is 1. The van der Waals surface area contributed by atoms with E-state index in [2.05, 4.69) is 16.6 Å². The Morgan fingerprint density at radius 2 is 1.33 bits per heavy atom. The van der Waals surface area contributed by atoms with Gasteiger partial charge in [-0.25, -0.2) is 0 Å². The Bertz CT molecular complexity index is 1040. The molecule has 6 aliphatic carbocycles. The van der Waals surface area contributed by atoms with Crippen molar-refractivity contribution in [3.63, 3.8) is 0 Å². The number of nitrogens with zero attached hydrogens (tertiary/aromatic N) is 3. The second-order valence-electron chi connectivity index (χ2n) is 16.3. The zero-order valence-corrected chi connectivity index (χ0v) is 27.5. The van der Waals surface area contributed by atoms with Crippen molar-refractivity contribution >= 4 is 12.1 Å². The topological polar surface area (TPSA) is 64.8 Å². The van der Waals surface area contributed by atoms with Gasteiger partial charge in [0.15, 0.2) is 0 Å². The van der Waals surface area contributed by atoms with Crippen molar-refractivity contribution in [2.75, 3.05) is 0 Å². The first-order valence-corrected chi connectivity index (χ1v) is 19.0. The molecule has 6 saturated carbocycles. The maximum absolute atomic E-state index is 12.2. The van der Waals surface area contributed by atoms with Crippen LogP contribution >= 0.6 is 0 Å². The summed E-state index contributed by atoms with van der Waals surface area (Å²) in [6.07, 6.45) is 34.8. The fourth-order valence-corrected chi connectivity index (χ4v) is 10.5. The van der Waals surface area contributed by atoms with Gasteiger partial charge in [0.05, 0.1) is 0 Å². The first-order valence-electron chi connectivity index (χ1n) is 19.0. The lowest BCUT2D eigenvalue weighted by Gasteiger charge is -2.56. The fourth-order valence-electron chi connectivity index (χ4n) is 10.5. The molecule has 1 aromatic rings. The predicted molar refractivity (Wildman–Crippen MR) is 173 cm³/mol. The number of hydrogen-bond donors (Lipinski definition) is 0. The molecule has 0 spiro atoms. The standard InChI is InChI=1S/C20H27N3O.C18H34O/c24-16-3-1-15-2-4-18-21-22-19(23(18)17(15)8-16)20-9-12-5-13(10-20)7-14(6-12)11-20;1-2-3-4-5-6-7-8-9-10-11-12-13-14-18(17-19)15-16-18/h12-15,17H,1-11H2;17H,2-16H2,1H3. The van der Waals surface area contributed by atoms with Gasteiger partial charge in [-0.15, -0.1) is 10.2 Å². The Kier molecular flexibility index (Phi) is 10.4. The van der Waals surface area contributed by atoms with E-state index in [1.165, 1.54) is 140 Å². The van der Waals surface area contributed by atoms with E-state index in [1.54, 1.807) is 0 Å². The van der Waals surface area contributed by atoms with Crippen LogP contribution in [0.4, 0.5) is 0 Å². The van der Waals surface area contributed by atoms with Gasteiger partial charge in [-0.05, 0) is 94.3 Å². The third-order valence-corrected chi connectivity index (χ3v) is 12.8. The molecule has 5 heteroatoms. The minimum Gasteiger partial charge on any atom is -0.311 e. The number of Topliss-reactive ketones (excluding diaryl/α,β-unsaturated/α-hetero) is 1. The second-order valence-corrected chi connectivity index (χ2v) is 16.3. The average Bonchev–Trinajstić information content (AvgIpc) is 3.64. The van der Waals surface area contributed by atoms with Crippen molar-refractivity contribution in [1.82, 2.24) is 14.8 Å². The Labute approximate surface area is 262 Å². The molecule has 0 radical (unpaired) electrons. The van der Waals surface area contributed by atoms with Gasteiger partial charge in [-0.1, -0.05) is 84.0 Å². The molecule has 240 valence electrons. The van der Waals surface area contributed by atoms with Crippen LogP contribution < -0.4 is 0 Å². The van der Waals surface area contributed by atoms with Crippen LogP contribution in [0.15, 0.2) is 0 Å². The molecule has 2 atom stereocenters. The molecule has 8 rings (SSSR count). The van der Waals surface area contributed by atoms with E-state index in [0.717, 1.165) is 62.7 Å². The van der Waals surface area contributed by atoms with E-state index in [1.807, 2.05) is 0 Å². The highest BCUT2D eigenvalue weighted by molar-refractivity contribution is 5.79. The van der Waals surface area contributed by atoms with Crippen LogP contribution in [0.5, 0.6) is 0 Å². The molecule has 0 aromatic carbocycles. The van der Waals surface area contributed by atoms with Crippen molar-refractivity contribution in [1.29, 1.82) is 0 Å². The molecule has 43 heavy (non-hydrogen) atoms. The summed E-state index contributed by atoms with van der Waals surface area (Å²) in [6.45, 7) is 2.28. The summed E-state index contributed by atoms with van der Waals surface area (Å²) in [5.41, 5.74) is 0.445. The van der Waals surface area contributed by atoms with Gasteiger partial charge >= 0.3 is 0 Å². The Morgan fingerprint density at radius 3 is 1.88 bits per heavy atom. The average molecular weight is 592 g/mol. The van der Waals surface area contributed by atoms with Crippen LogP contribution in [0.1, 0.15) is 185 Å². The fraction of sp³-hybridized carbons (Fsp3) is 0.895. The van der Waals surface area contributed by atoms with Crippen molar-refractivity contribution in [2.45, 2.75) is 185 Å². The molecule has 2 heterocycles. The van der Waals surface area contributed by atoms with Crippen molar-refractivity contribution in [3.05, 3.63) is 11.6 Å². The molecule has 1 aromatic heterocycles. The highest BCUT2D eigenvalue weighted by Gasteiger charge is 2.55. The SMILES string of the molecule is CCCCCCCCCCCCCCC1(C=O)CC1.O=C1CCC2CCc3nnc(C45CC6CC(CC(C6)C4)C5)n3C2C1. The summed E-state index contributed by atoms with van der Waals surface area (Å²) >= 11 is 0. The van der Waals surface area contributed by atoms with E-state index < -0.39 is 0 Å². The van der Waals surface area contributed by atoms with E-state index in [-0.39, 0.29) is 5.41 Å². The molecular weight excluding hydrogens is 530 g/mol. The van der Waals surface area contributed by atoms with Crippen molar-refractivity contribution in [2.24, 2.45) is 29.1 Å². The molecule has 1 aliphatic heterocycles. The minimum atomic E-state index is 0.151. The summed E-state index contributed by atoms with van der Waals surface area (Å²) in [7, 11) is 0. The molecule has 5 nitrogen and oxygen atoms in total. The van der Waals surface area contributed by atoms with Gasteiger partial charge in [0.25, 0.3) is 0 Å². The number of aldehydes is 1. The smallest absolute Gasteiger partial charge is 0.139 e. The van der Waals surface area contributed by atoms with Crippen molar-refractivity contribution < 1.29 is 9.59 Å². The van der Waals surface area contributed by atoms with Gasteiger partial charge in [-0.3, -0.25) is 4.79 Å². The van der Waals surface area contributed by atoms with E-state index in [0.29, 0.717) is 23.2 Å². The van der Waals surface area contributed by atoms with Crippen LogP contribution in [-0.2, 0) is 21.4 Å².